The van der Waals surface area contributed by atoms with Gasteiger partial charge in [0.1, 0.15) is 5.82 Å². The van der Waals surface area contributed by atoms with Crippen LogP contribution in [-0.2, 0) is 4.74 Å². The molecule has 2 saturated heterocycles. The van der Waals surface area contributed by atoms with Crippen LogP contribution in [0.5, 0.6) is 0 Å². The topological polar surface area (TPSA) is 84.0 Å². The summed E-state index contributed by atoms with van der Waals surface area (Å²) in [4.78, 5) is 6.44. The van der Waals surface area contributed by atoms with Crippen molar-refractivity contribution in [3.63, 3.8) is 0 Å². The molecule has 2 aliphatic heterocycles. The molecule has 6 nitrogen and oxygen atoms in total. The summed E-state index contributed by atoms with van der Waals surface area (Å²) in [7, 11) is 0. The van der Waals surface area contributed by atoms with Crippen LogP contribution in [0.25, 0.3) is 0 Å². The van der Waals surface area contributed by atoms with Crippen LogP contribution in [0.1, 0.15) is 18.4 Å². The molecule has 0 saturated carbocycles. The monoisotopic (exact) mass is 282 g/mol. The second kappa shape index (κ2) is 4.86. The number of morpholine rings is 1. The number of hydrogen-bond donors (Lipinski definition) is 2. The van der Waals surface area contributed by atoms with Gasteiger partial charge in [-0.3, -0.25) is 0 Å². The zero-order valence-electron chi connectivity index (χ0n) is 10.3. The maximum absolute atomic E-state index is 8.76. The van der Waals surface area contributed by atoms with Crippen LogP contribution in [0.15, 0.2) is 17.4 Å². The lowest BCUT2D eigenvalue weighted by Gasteiger charge is -2.33. The molecule has 2 atom stereocenters. The number of halogens is 1. The van der Waals surface area contributed by atoms with Crippen LogP contribution in [-0.4, -0.2) is 41.3 Å². The molecule has 1 aromatic rings. The molecule has 3 rings (SSSR count). The third-order valence-electron chi connectivity index (χ3n) is 3.60. The average Bonchev–Trinajstić information content (AvgIpc) is 2.77. The molecular formula is C12H15ClN4O2. The molecule has 0 spiro atoms. The predicted octanol–water partition coefficient (Wildman–Crippen LogP) is 1.20. The van der Waals surface area contributed by atoms with E-state index in [-0.39, 0.29) is 18.0 Å². The lowest BCUT2D eigenvalue weighted by molar-refractivity contribution is 0.0302. The highest BCUT2D eigenvalue weighted by Gasteiger charge is 2.35. The second-order valence-corrected chi connectivity index (χ2v) is 5.22. The minimum atomic E-state index is -0.00937. The fourth-order valence-corrected chi connectivity index (χ4v) is 3.02. The van der Waals surface area contributed by atoms with E-state index in [0.717, 1.165) is 25.9 Å². The number of pyridine rings is 1. The first-order valence-electron chi connectivity index (χ1n) is 6.22. The van der Waals surface area contributed by atoms with Crippen molar-refractivity contribution in [2.75, 3.05) is 18.0 Å². The number of rotatable bonds is 2. The van der Waals surface area contributed by atoms with E-state index in [0.29, 0.717) is 16.4 Å². The van der Waals surface area contributed by atoms with E-state index in [9.17, 15) is 0 Å². The van der Waals surface area contributed by atoms with Gasteiger partial charge in [-0.1, -0.05) is 16.8 Å². The smallest absolute Gasteiger partial charge is 0.171 e. The van der Waals surface area contributed by atoms with E-state index >= 15 is 0 Å². The molecule has 1 aromatic heterocycles. The number of oxime groups is 1. The van der Waals surface area contributed by atoms with Crippen LogP contribution in [0.2, 0.25) is 5.02 Å². The molecular weight excluding hydrogens is 268 g/mol. The zero-order valence-corrected chi connectivity index (χ0v) is 11.0. The molecule has 0 aromatic carbocycles. The minimum Gasteiger partial charge on any atom is -0.409 e. The van der Waals surface area contributed by atoms with Crippen molar-refractivity contribution in [1.29, 1.82) is 0 Å². The summed E-state index contributed by atoms with van der Waals surface area (Å²) in [6.45, 7) is 1.56. The van der Waals surface area contributed by atoms with Gasteiger partial charge in [-0.25, -0.2) is 4.98 Å². The summed E-state index contributed by atoms with van der Waals surface area (Å²) in [5, 5.41) is 12.2. The summed E-state index contributed by atoms with van der Waals surface area (Å²) < 4.78 is 5.79. The number of anilines is 1. The van der Waals surface area contributed by atoms with E-state index in [1.54, 1.807) is 12.3 Å². The first-order valence-corrected chi connectivity index (χ1v) is 6.59. The van der Waals surface area contributed by atoms with Crippen LogP contribution in [0.4, 0.5) is 5.82 Å². The fraction of sp³-hybridized carbons (Fsp3) is 0.500. The van der Waals surface area contributed by atoms with Gasteiger partial charge in [0, 0.05) is 24.8 Å². The van der Waals surface area contributed by atoms with Gasteiger partial charge < -0.3 is 20.6 Å². The fourth-order valence-electron chi connectivity index (χ4n) is 2.69. The number of hydrogen-bond acceptors (Lipinski definition) is 5. The maximum Gasteiger partial charge on any atom is 0.171 e. The Bertz CT molecular complexity index is 510. The largest absolute Gasteiger partial charge is 0.409 e. The van der Waals surface area contributed by atoms with Gasteiger partial charge in [-0.2, -0.15) is 0 Å². The predicted molar refractivity (Wildman–Crippen MR) is 71.9 cm³/mol. The van der Waals surface area contributed by atoms with E-state index in [4.69, 9.17) is 27.3 Å². The Hall–Kier alpha value is -1.53. The molecule has 2 unspecified atom stereocenters. The average molecular weight is 283 g/mol. The lowest BCUT2D eigenvalue weighted by atomic mass is 10.2. The maximum atomic E-state index is 8.76. The number of fused-ring (bicyclic) bond motifs is 2. The Kier molecular flexibility index (Phi) is 3.20. The van der Waals surface area contributed by atoms with Gasteiger partial charge in [0.15, 0.2) is 5.84 Å². The summed E-state index contributed by atoms with van der Waals surface area (Å²) in [6.07, 6.45) is 4.29. The van der Waals surface area contributed by atoms with Crippen molar-refractivity contribution in [1.82, 2.24) is 4.98 Å². The Morgan fingerprint density at radius 1 is 1.47 bits per heavy atom. The van der Waals surface area contributed by atoms with Crippen LogP contribution >= 0.6 is 11.6 Å². The number of ether oxygens (including phenoxy) is 1. The van der Waals surface area contributed by atoms with E-state index in [2.05, 4.69) is 15.0 Å². The van der Waals surface area contributed by atoms with Crippen molar-refractivity contribution in [2.24, 2.45) is 10.9 Å². The van der Waals surface area contributed by atoms with E-state index < -0.39 is 0 Å². The first-order chi connectivity index (χ1) is 9.19. The first kappa shape index (κ1) is 12.5. The number of aromatic nitrogens is 1. The second-order valence-electron chi connectivity index (χ2n) is 4.84. The molecule has 19 heavy (non-hydrogen) atoms. The molecule has 7 heteroatoms. The van der Waals surface area contributed by atoms with E-state index in [1.165, 1.54) is 0 Å². The summed E-state index contributed by atoms with van der Waals surface area (Å²) in [5.74, 6) is 0.663. The third-order valence-corrected chi connectivity index (χ3v) is 3.97. The van der Waals surface area contributed by atoms with E-state index in [1.807, 2.05) is 0 Å². The number of amidine groups is 1. The third kappa shape index (κ3) is 2.21. The summed E-state index contributed by atoms with van der Waals surface area (Å²) >= 11 is 6.31. The van der Waals surface area contributed by atoms with Gasteiger partial charge in [-0.05, 0) is 18.9 Å². The van der Waals surface area contributed by atoms with Gasteiger partial charge >= 0.3 is 0 Å². The number of nitrogens with zero attached hydrogens (tertiary/aromatic N) is 3. The SMILES string of the molecule is N/C(=N/O)c1ccnc(N2CC3CCC(C2)O3)c1Cl. The zero-order chi connectivity index (χ0) is 13.4. The van der Waals surface area contributed by atoms with Crippen molar-refractivity contribution in [3.8, 4) is 0 Å². The molecule has 2 bridgehead atoms. The summed E-state index contributed by atoms with van der Waals surface area (Å²) in [6, 6.07) is 1.63. The highest BCUT2D eigenvalue weighted by atomic mass is 35.5. The quantitative estimate of drug-likeness (QED) is 0.368. The molecule has 102 valence electrons. The minimum absolute atomic E-state index is 0.00937. The molecule has 2 aliphatic rings. The van der Waals surface area contributed by atoms with Gasteiger partial charge in [0.25, 0.3) is 0 Å². The standard InChI is InChI=1S/C12H15ClN4O2/c13-10-9(11(14)16-18)3-4-15-12(10)17-5-7-1-2-8(6-17)19-7/h3-4,7-8,18H,1-2,5-6H2,(H2,14,16). The highest BCUT2D eigenvalue weighted by molar-refractivity contribution is 6.36. The molecule has 0 radical (unpaired) electrons. The van der Waals surface area contributed by atoms with Crippen LogP contribution in [0, 0.1) is 0 Å². The molecule has 2 fully saturated rings. The number of nitrogens with two attached hydrogens (primary N) is 1. The van der Waals surface area contributed by atoms with Crippen molar-refractivity contribution < 1.29 is 9.94 Å². The van der Waals surface area contributed by atoms with Gasteiger partial charge in [0.05, 0.1) is 17.2 Å². The van der Waals surface area contributed by atoms with Crippen molar-refractivity contribution >= 4 is 23.3 Å². The molecule has 3 N–H and O–H groups in total. The summed E-state index contributed by atoms with van der Waals surface area (Å²) in [5.41, 5.74) is 6.10. The Balaban J connectivity index is 1.93. The highest BCUT2D eigenvalue weighted by Crippen LogP contribution is 2.33. The molecule has 0 aliphatic carbocycles. The Morgan fingerprint density at radius 3 is 2.79 bits per heavy atom. The molecule has 3 heterocycles. The van der Waals surface area contributed by atoms with Gasteiger partial charge in [-0.15, -0.1) is 0 Å². The van der Waals surface area contributed by atoms with Crippen molar-refractivity contribution in [3.05, 3.63) is 22.8 Å². The van der Waals surface area contributed by atoms with Crippen LogP contribution < -0.4 is 10.6 Å². The molecule has 0 amide bonds. The Labute approximate surface area is 115 Å². The Morgan fingerprint density at radius 2 is 2.16 bits per heavy atom. The van der Waals surface area contributed by atoms with Crippen LogP contribution in [0.3, 0.4) is 0 Å². The lowest BCUT2D eigenvalue weighted by Crippen LogP contribution is -2.43. The normalized spacial score (nSPS) is 26.8. The van der Waals surface area contributed by atoms with Gasteiger partial charge in [0.2, 0.25) is 0 Å². The van der Waals surface area contributed by atoms with Crippen molar-refractivity contribution in [2.45, 2.75) is 25.0 Å².